The number of imidazole rings is 1. The monoisotopic (exact) mass is 355 g/mol. The zero-order chi connectivity index (χ0) is 18.5. The van der Waals surface area contributed by atoms with Crippen molar-refractivity contribution in [3.63, 3.8) is 0 Å². The normalized spacial score (nSPS) is 10.8. The van der Waals surface area contributed by atoms with E-state index in [-0.39, 0.29) is 11.4 Å². The number of hydrogen-bond donors (Lipinski definition) is 1. The third-order valence-corrected chi connectivity index (χ3v) is 4.11. The average Bonchev–Trinajstić information content (AvgIpc) is 3.09. The van der Waals surface area contributed by atoms with Gasteiger partial charge in [0, 0.05) is 11.6 Å². The maximum absolute atomic E-state index is 11.6. The van der Waals surface area contributed by atoms with E-state index in [1.165, 1.54) is 13.2 Å². The highest BCUT2D eigenvalue weighted by atomic mass is 16.6. The van der Waals surface area contributed by atoms with Crippen LogP contribution in [0.2, 0.25) is 0 Å². The van der Waals surface area contributed by atoms with E-state index in [4.69, 9.17) is 9.47 Å². The molecule has 7 heteroatoms. The van der Waals surface area contributed by atoms with Gasteiger partial charge in [0.2, 0.25) is 5.75 Å². The fourth-order valence-electron chi connectivity index (χ4n) is 2.77. The van der Waals surface area contributed by atoms with E-state index in [1.807, 2.05) is 24.3 Å². The van der Waals surface area contributed by atoms with Crippen molar-refractivity contribution in [2.24, 2.45) is 0 Å². The number of rotatable bonds is 8. The molecule has 2 aromatic carbocycles. The maximum Gasteiger partial charge on any atom is 0.315 e. The van der Waals surface area contributed by atoms with Gasteiger partial charge in [-0.3, -0.25) is 10.1 Å². The molecule has 0 aliphatic carbocycles. The van der Waals surface area contributed by atoms with E-state index in [9.17, 15) is 10.1 Å². The molecule has 0 saturated heterocycles. The highest BCUT2D eigenvalue weighted by Crippen LogP contribution is 2.41. The molecule has 7 nitrogen and oxygen atoms in total. The van der Waals surface area contributed by atoms with Crippen LogP contribution < -0.4 is 9.47 Å². The summed E-state index contributed by atoms with van der Waals surface area (Å²) >= 11 is 0. The molecule has 0 bridgehead atoms. The molecule has 136 valence electrons. The molecule has 0 aliphatic rings. The molecule has 0 spiro atoms. The Balaban J connectivity index is 2.01. The molecule has 3 rings (SSSR count). The summed E-state index contributed by atoms with van der Waals surface area (Å²) in [7, 11) is 1.47. The number of nitro groups is 1. The quantitative estimate of drug-likeness (QED) is 0.359. The minimum Gasteiger partial charge on any atom is -0.493 e. The molecule has 1 N–H and O–H groups in total. The van der Waals surface area contributed by atoms with Crippen LogP contribution in [0.4, 0.5) is 5.69 Å². The van der Waals surface area contributed by atoms with Crippen LogP contribution in [-0.4, -0.2) is 28.6 Å². The molecule has 0 aliphatic heterocycles. The van der Waals surface area contributed by atoms with Gasteiger partial charge in [0.15, 0.2) is 5.75 Å². The number of benzene rings is 2. The third-order valence-electron chi connectivity index (χ3n) is 4.11. The van der Waals surface area contributed by atoms with Crippen molar-refractivity contribution in [3.8, 4) is 22.9 Å². The van der Waals surface area contributed by atoms with Crippen molar-refractivity contribution < 1.29 is 14.4 Å². The van der Waals surface area contributed by atoms with E-state index in [1.54, 1.807) is 6.07 Å². The maximum atomic E-state index is 11.6. The molecule has 3 aromatic rings. The Morgan fingerprint density at radius 1 is 1.23 bits per heavy atom. The van der Waals surface area contributed by atoms with Gasteiger partial charge in [-0.15, -0.1) is 0 Å². The van der Waals surface area contributed by atoms with Crippen LogP contribution >= 0.6 is 0 Å². The molecule has 1 heterocycles. The van der Waals surface area contributed by atoms with Gasteiger partial charge in [-0.25, -0.2) is 4.98 Å². The summed E-state index contributed by atoms with van der Waals surface area (Å²) in [6.45, 7) is 2.50. The van der Waals surface area contributed by atoms with Crippen molar-refractivity contribution in [1.82, 2.24) is 9.97 Å². The van der Waals surface area contributed by atoms with Crippen LogP contribution in [0.5, 0.6) is 11.5 Å². The largest absolute Gasteiger partial charge is 0.493 e. The predicted octanol–water partition coefficient (Wildman–Crippen LogP) is 4.72. The number of methoxy groups -OCH3 is 1. The number of unbranched alkanes of at least 4 members (excludes halogenated alkanes) is 2. The first-order chi connectivity index (χ1) is 12.6. The molecular weight excluding hydrogens is 334 g/mol. The first kappa shape index (κ1) is 17.7. The van der Waals surface area contributed by atoms with Crippen LogP contribution in [0.3, 0.4) is 0 Å². The number of fused-ring (bicyclic) bond motifs is 1. The van der Waals surface area contributed by atoms with Gasteiger partial charge in [-0.2, -0.15) is 0 Å². The van der Waals surface area contributed by atoms with Crippen LogP contribution in [-0.2, 0) is 0 Å². The summed E-state index contributed by atoms with van der Waals surface area (Å²) in [4.78, 5) is 18.8. The summed E-state index contributed by atoms with van der Waals surface area (Å²) in [5.41, 5.74) is 2.11. The Kier molecular flexibility index (Phi) is 5.36. The van der Waals surface area contributed by atoms with Gasteiger partial charge < -0.3 is 14.5 Å². The molecule has 0 saturated carbocycles. The van der Waals surface area contributed by atoms with Crippen LogP contribution in [0.15, 0.2) is 36.4 Å². The Labute approximate surface area is 151 Å². The Morgan fingerprint density at radius 2 is 2.04 bits per heavy atom. The van der Waals surface area contributed by atoms with E-state index in [2.05, 4.69) is 16.9 Å². The summed E-state index contributed by atoms with van der Waals surface area (Å²) in [6, 6.07) is 10.8. The molecule has 0 radical (unpaired) electrons. The number of para-hydroxylation sites is 2. The Hall–Kier alpha value is -3.09. The van der Waals surface area contributed by atoms with Crippen molar-refractivity contribution in [2.45, 2.75) is 26.2 Å². The number of aromatic amines is 1. The highest BCUT2D eigenvalue weighted by Gasteiger charge is 2.23. The lowest BCUT2D eigenvalue weighted by Crippen LogP contribution is -2.03. The number of hydrogen-bond acceptors (Lipinski definition) is 5. The summed E-state index contributed by atoms with van der Waals surface area (Å²) in [5, 5.41) is 11.6. The minimum atomic E-state index is -0.455. The number of ether oxygens (including phenoxy) is 2. The third kappa shape index (κ3) is 3.61. The van der Waals surface area contributed by atoms with Crippen molar-refractivity contribution in [2.75, 3.05) is 13.7 Å². The zero-order valence-corrected chi connectivity index (χ0v) is 14.8. The Bertz CT molecular complexity index is 887. The second-order valence-corrected chi connectivity index (χ2v) is 5.94. The van der Waals surface area contributed by atoms with Crippen molar-refractivity contribution >= 4 is 16.7 Å². The lowest BCUT2D eigenvalue weighted by atomic mass is 10.1. The summed E-state index contributed by atoms with van der Waals surface area (Å²) in [6.07, 6.45) is 2.89. The second kappa shape index (κ2) is 7.86. The molecule has 1 aromatic heterocycles. The number of aromatic nitrogens is 2. The summed E-state index contributed by atoms with van der Waals surface area (Å²) < 4.78 is 11.0. The topological polar surface area (TPSA) is 90.3 Å². The van der Waals surface area contributed by atoms with Gasteiger partial charge in [0.25, 0.3) is 0 Å². The zero-order valence-electron chi connectivity index (χ0n) is 14.8. The highest BCUT2D eigenvalue weighted by molar-refractivity contribution is 5.80. The number of nitrogens with zero attached hydrogens (tertiary/aromatic N) is 2. The minimum absolute atomic E-state index is 0.128. The fourth-order valence-corrected chi connectivity index (χ4v) is 2.77. The number of nitro benzene ring substituents is 1. The van der Waals surface area contributed by atoms with Gasteiger partial charge in [-0.05, 0) is 24.6 Å². The number of nitrogens with one attached hydrogen (secondary N) is 1. The van der Waals surface area contributed by atoms with Crippen molar-refractivity contribution in [3.05, 3.63) is 46.5 Å². The smallest absolute Gasteiger partial charge is 0.315 e. The van der Waals surface area contributed by atoms with E-state index >= 15 is 0 Å². The first-order valence-corrected chi connectivity index (χ1v) is 8.58. The first-order valence-electron chi connectivity index (χ1n) is 8.58. The van der Waals surface area contributed by atoms with Gasteiger partial charge in [0.1, 0.15) is 5.82 Å². The van der Waals surface area contributed by atoms with E-state index in [0.717, 1.165) is 30.3 Å². The lowest BCUT2D eigenvalue weighted by Gasteiger charge is -2.12. The van der Waals surface area contributed by atoms with Crippen molar-refractivity contribution in [1.29, 1.82) is 0 Å². The fraction of sp³-hybridized carbons (Fsp3) is 0.316. The van der Waals surface area contributed by atoms with E-state index in [0.29, 0.717) is 23.7 Å². The van der Waals surface area contributed by atoms with Crippen LogP contribution in [0.1, 0.15) is 26.2 Å². The molecule has 26 heavy (non-hydrogen) atoms. The molecule has 0 fully saturated rings. The molecule has 0 amide bonds. The summed E-state index contributed by atoms with van der Waals surface area (Å²) in [5.74, 6) is 1.03. The van der Waals surface area contributed by atoms with Crippen LogP contribution in [0, 0.1) is 10.1 Å². The van der Waals surface area contributed by atoms with E-state index < -0.39 is 4.92 Å². The molecule has 0 unspecified atom stereocenters. The second-order valence-electron chi connectivity index (χ2n) is 5.94. The average molecular weight is 355 g/mol. The van der Waals surface area contributed by atoms with Crippen LogP contribution in [0.25, 0.3) is 22.4 Å². The molecular formula is C19H21N3O4. The SMILES string of the molecule is CCCCCOc1c(OC)cc(-c2nc3ccccc3[nH]2)cc1[N+](=O)[O-]. The van der Waals surface area contributed by atoms with Gasteiger partial charge in [-0.1, -0.05) is 31.9 Å². The Morgan fingerprint density at radius 3 is 2.73 bits per heavy atom. The lowest BCUT2D eigenvalue weighted by molar-refractivity contribution is -0.385. The molecule has 0 atom stereocenters. The van der Waals surface area contributed by atoms with Gasteiger partial charge in [0.05, 0.1) is 29.7 Å². The van der Waals surface area contributed by atoms with Gasteiger partial charge >= 0.3 is 5.69 Å². The predicted molar refractivity (Wildman–Crippen MR) is 99.8 cm³/mol. The number of H-pyrrole nitrogens is 1. The standard InChI is InChI=1S/C19H21N3O4/c1-3-4-7-10-26-18-16(22(23)24)11-13(12-17(18)25-2)19-20-14-8-5-6-9-15(14)21-19/h5-6,8-9,11-12H,3-4,7,10H2,1-2H3,(H,20,21).